The molecule has 0 atom stereocenters. The third-order valence-corrected chi connectivity index (χ3v) is 4.58. The molecule has 2 rings (SSSR count). The number of carbonyl (C=O) groups is 1. The number of halogens is 1. The van der Waals surface area contributed by atoms with Crippen molar-refractivity contribution < 1.29 is 9.90 Å². The fraction of sp³-hybridized carbons (Fsp3) is 0.500. The van der Waals surface area contributed by atoms with Gasteiger partial charge in [-0.3, -0.25) is 4.79 Å². The number of hydrogen-bond acceptors (Lipinski definition) is 3. The number of aromatic hydroxyl groups is 1. The lowest BCUT2D eigenvalue weighted by Crippen LogP contribution is -2.38. The van der Waals surface area contributed by atoms with Crippen molar-refractivity contribution in [3.05, 3.63) is 27.3 Å². The van der Waals surface area contributed by atoms with Crippen LogP contribution in [-0.2, 0) is 0 Å². The molecule has 0 spiro atoms. The Kier molecular flexibility index (Phi) is 5.04. The summed E-state index contributed by atoms with van der Waals surface area (Å²) in [4.78, 5) is 14.2. The van der Waals surface area contributed by atoms with Crippen LogP contribution in [0.3, 0.4) is 0 Å². The highest BCUT2D eigenvalue weighted by Crippen LogP contribution is 2.24. The predicted octanol–water partition coefficient (Wildman–Crippen LogP) is 2.20. The van der Waals surface area contributed by atoms with E-state index in [0.29, 0.717) is 11.5 Å². The standard InChI is InChI=1S/C14H19IN2O2/c15-12-2-1-11(9-13(12)18)14(19)17-7-4-10(3-6-16)5-8-17/h1-2,9-10,18H,3-8,16H2. The van der Waals surface area contributed by atoms with E-state index in [9.17, 15) is 9.90 Å². The first-order valence-electron chi connectivity index (χ1n) is 6.59. The lowest BCUT2D eigenvalue weighted by atomic mass is 9.93. The molecule has 1 aromatic rings. The number of nitrogens with two attached hydrogens (primary N) is 1. The smallest absolute Gasteiger partial charge is 0.253 e. The summed E-state index contributed by atoms with van der Waals surface area (Å²) in [6.07, 6.45) is 3.10. The summed E-state index contributed by atoms with van der Waals surface area (Å²) < 4.78 is 0.760. The molecule has 1 fully saturated rings. The maximum atomic E-state index is 12.3. The molecular weight excluding hydrogens is 355 g/mol. The van der Waals surface area contributed by atoms with Crippen LogP contribution in [0.2, 0.25) is 0 Å². The van der Waals surface area contributed by atoms with E-state index >= 15 is 0 Å². The molecule has 0 saturated carbocycles. The molecule has 4 nitrogen and oxygen atoms in total. The summed E-state index contributed by atoms with van der Waals surface area (Å²) in [7, 11) is 0. The zero-order valence-corrected chi connectivity index (χ0v) is 13.0. The monoisotopic (exact) mass is 374 g/mol. The molecule has 19 heavy (non-hydrogen) atoms. The molecule has 1 aromatic carbocycles. The predicted molar refractivity (Wildman–Crippen MR) is 83.1 cm³/mol. The zero-order valence-electron chi connectivity index (χ0n) is 10.8. The van der Waals surface area contributed by atoms with Gasteiger partial charge in [-0.25, -0.2) is 0 Å². The van der Waals surface area contributed by atoms with Gasteiger partial charge in [0.1, 0.15) is 5.75 Å². The molecule has 0 bridgehead atoms. The average Bonchev–Trinajstić information content (AvgIpc) is 2.42. The highest BCUT2D eigenvalue weighted by atomic mass is 127. The maximum Gasteiger partial charge on any atom is 0.253 e. The van der Waals surface area contributed by atoms with Crippen LogP contribution in [0.15, 0.2) is 18.2 Å². The Morgan fingerprint density at radius 3 is 2.68 bits per heavy atom. The second-order valence-electron chi connectivity index (χ2n) is 4.98. The topological polar surface area (TPSA) is 66.6 Å². The number of phenolic OH excluding ortho intramolecular Hbond substituents is 1. The number of amides is 1. The van der Waals surface area contributed by atoms with E-state index in [-0.39, 0.29) is 11.7 Å². The molecule has 0 aromatic heterocycles. The van der Waals surface area contributed by atoms with Crippen molar-refractivity contribution in [3.8, 4) is 5.75 Å². The van der Waals surface area contributed by atoms with E-state index in [2.05, 4.69) is 0 Å². The Bertz CT molecular complexity index is 457. The molecule has 1 saturated heterocycles. The lowest BCUT2D eigenvalue weighted by Gasteiger charge is -2.32. The largest absolute Gasteiger partial charge is 0.507 e. The van der Waals surface area contributed by atoms with E-state index in [0.717, 1.165) is 42.5 Å². The average molecular weight is 374 g/mol. The first-order valence-corrected chi connectivity index (χ1v) is 7.67. The summed E-state index contributed by atoms with van der Waals surface area (Å²) in [6.45, 7) is 2.30. The van der Waals surface area contributed by atoms with Crippen molar-refractivity contribution in [2.75, 3.05) is 19.6 Å². The van der Waals surface area contributed by atoms with Crippen LogP contribution in [0.1, 0.15) is 29.6 Å². The Hall–Kier alpha value is -0.820. The van der Waals surface area contributed by atoms with Gasteiger partial charge in [0.2, 0.25) is 0 Å². The van der Waals surface area contributed by atoms with Crippen molar-refractivity contribution in [1.82, 2.24) is 4.90 Å². The Morgan fingerprint density at radius 2 is 2.11 bits per heavy atom. The van der Waals surface area contributed by atoms with Gasteiger partial charge in [-0.05, 0) is 72.5 Å². The van der Waals surface area contributed by atoms with Crippen LogP contribution < -0.4 is 5.73 Å². The van der Waals surface area contributed by atoms with Gasteiger partial charge in [0.25, 0.3) is 5.91 Å². The van der Waals surface area contributed by atoms with Crippen LogP contribution in [-0.4, -0.2) is 35.5 Å². The molecule has 1 amide bonds. The SMILES string of the molecule is NCCC1CCN(C(=O)c2ccc(I)c(O)c2)CC1. The summed E-state index contributed by atoms with van der Waals surface area (Å²) >= 11 is 2.04. The third kappa shape index (κ3) is 3.60. The fourth-order valence-corrected chi connectivity index (χ4v) is 2.82. The summed E-state index contributed by atoms with van der Waals surface area (Å²) in [5.74, 6) is 0.835. The van der Waals surface area contributed by atoms with Gasteiger partial charge in [0.15, 0.2) is 0 Å². The van der Waals surface area contributed by atoms with Crippen LogP contribution in [0, 0.1) is 9.49 Å². The number of hydrogen-bond donors (Lipinski definition) is 2. The number of carbonyl (C=O) groups excluding carboxylic acids is 1. The normalized spacial score (nSPS) is 16.6. The molecule has 1 aliphatic heterocycles. The second kappa shape index (κ2) is 6.56. The van der Waals surface area contributed by atoms with Gasteiger partial charge in [0, 0.05) is 18.7 Å². The molecule has 104 valence electrons. The first kappa shape index (κ1) is 14.6. The maximum absolute atomic E-state index is 12.3. The van der Waals surface area contributed by atoms with Crippen molar-refractivity contribution in [2.45, 2.75) is 19.3 Å². The van der Waals surface area contributed by atoms with Crippen molar-refractivity contribution in [2.24, 2.45) is 11.7 Å². The van der Waals surface area contributed by atoms with Crippen LogP contribution >= 0.6 is 22.6 Å². The van der Waals surface area contributed by atoms with Crippen LogP contribution in [0.5, 0.6) is 5.75 Å². The molecular formula is C14H19IN2O2. The molecule has 3 N–H and O–H groups in total. The van der Waals surface area contributed by atoms with E-state index in [1.165, 1.54) is 0 Å². The van der Waals surface area contributed by atoms with Crippen molar-refractivity contribution in [3.63, 3.8) is 0 Å². The number of piperidine rings is 1. The third-order valence-electron chi connectivity index (χ3n) is 3.67. The van der Waals surface area contributed by atoms with Gasteiger partial charge < -0.3 is 15.7 Å². The Labute approximate surface area is 127 Å². The molecule has 1 heterocycles. The first-order chi connectivity index (χ1) is 9.11. The van der Waals surface area contributed by atoms with Crippen molar-refractivity contribution in [1.29, 1.82) is 0 Å². The van der Waals surface area contributed by atoms with E-state index in [1.54, 1.807) is 18.2 Å². The zero-order chi connectivity index (χ0) is 13.8. The van der Waals surface area contributed by atoms with E-state index in [4.69, 9.17) is 5.73 Å². The molecule has 1 aliphatic rings. The Morgan fingerprint density at radius 1 is 1.42 bits per heavy atom. The Balaban J connectivity index is 1.99. The van der Waals surface area contributed by atoms with Gasteiger partial charge in [-0.15, -0.1) is 0 Å². The number of likely N-dealkylation sites (tertiary alicyclic amines) is 1. The second-order valence-corrected chi connectivity index (χ2v) is 6.14. The molecule has 0 unspecified atom stereocenters. The molecule has 5 heteroatoms. The highest BCUT2D eigenvalue weighted by molar-refractivity contribution is 14.1. The quantitative estimate of drug-likeness (QED) is 0.798. The number of benzene rings is 1. The lowest BCUT2D eigenvalue weighted by molar-refractivity contribution is 0.0687. The van der Waals surface area contributed by atoms with E-state index < -0.39 is 0 Å². The van der Waals surface area contributed by atoms with Crippen LogP contribution in [0.25, 0.3) is 0 Å². The minimum atomic E-state index is 0.0119. The van der Waals surface area contributed by atoms with E-state index in [1.807, 2.05) is 27.5 Å². The highest BCUT2D eigenvalue weighted by Gasteiger charge is 2.23. The summed E-state index contributed by atoms with van der Waals surface area (Å²) in [5.41, 5.74) is 6.13. The number of nitrogens with zero attached hydrogens (tertiary/aromatic N) is 1. The minimum absolute atomic E-state index is 0.0119. The van der Waals surface area contributed by atoms with Crippen LogP contribution in [0.4, 0.5) is 0 Å². The van der Waals surface area contributed by atoms with Gasteiger partial charge in [-0.1, -0.05) is 0 Å². The minimum Gasteiger partial charge on any atom is -0.507 e. The molecule has 0 aliphatic carbocycles. The van der Waals surface area contributed by atoms with Crippen molar-refractivity contribution >= 4 is 28.5 Å². The summed E-state index contributed by atoms with van der Waals surface area (Å²) in [6, 6.07) is 5.09. The number of phenols is 1. The summed E-state index contributed by atoms with van der Waals surface area (Å²) in [5, 5.41) is 9.67. The fourth-order valence-electron chi connectivity index (χ4n) is 2.49. The molecule has 0 radical (unpaired) electrons. The number of rotatable bonds is 3. The van der Waals surface area contributed by atoms with Gasteiger partial charge in [0.05, 0.1) is 3.57 Å². The van der Waals surface area contributed by atoms with Gasteiger partial charge in [-0.2, -0.15) is 0 Å². The van der Waals surface area contributed by atoms with Gasteiger partial charge >= 0.3 is 0 Å².